The largest absolute Gasteiger partial charge is 0.365 e. The van der Waals surface area contributed by atoms with Gasteiger partial charge in [-0.15, -0.1) is 5.10 Å². The van der Waals surface area contributed by atoms with Gasteiger partial charge in [0, 0.05) is 23.4 Å². The van der Waals surface area contributed by atoms with Crippen molar-refractivity contribution in [2.75, 3.05) is 5.32 Å². The summed E-state index contributed by atoms with van der Waals surface area (Å²) in [6.45, 7) is 3.61. The van der Waals surface area contributed by atoms with E-state index in [1.165, 1.54) is 35.0 Å². The van der Waals surface area contributed by atoms with E-state index in [0.717, 1.165) is 35.2 Å². The van der Waals surface area contributed by atoms with Crippen molar-refractivity contribution in [3.05, 3.63) is 101 Å². The van der Waals surface area contributed by atoms with Crippen molar-refractivity contribution in [3.63, 3.8) is 0 Å². The summed E-state index contributed by atoms with van der Waals surface area (Å²) in [5, 5.41) is 7.93. The number of benzene rings is 2. The lowest BCUT2D eigenvalue weighted by Gasteiger charge is -2.35. The van der Waals surface area contributed by atoms with Gasteiger partial charge in [0.05, 0.1) is 5.69 Å². The summed E-state index contributed by atoms with van der Waals surface area (Å²) in [7, 11) is 0. The average Bonchev–Trinajstić information content (AvgIpc) is 3.54. The van der Waals surface area contributed by atoms with Gasteiger partial charge in [-0.3, -0.25) is 4.79 Å². The molecule has 0 aliphatic heterocycles. The molecule has 2 aliphatic carbocycles. The number of aromatic nitrogens is 2. The van der Waals surface area contributed by atoms with E-state index in [2.05, 4.69) is 17.0 Å². The number of hydrogen-bond donors (Lipinski definition) is 1. The molecule has 1 heterocycles. The molecule has 31 heavy (non-hydrogen) atoms. The minimum absolute atomic E-state index is 0.317. The molecule has 1 aromatic heterocycles. The normalized spacial score (nSPS) is 16.6. The highest BCUT2D eigenvalue weighted by molar-refractivity contribution is 5.91. The number of halogens is 2. The fourth-order valence-corrected chi connectivity index (χ4v) is 4.21. The molecule has 4 nitrogen and oxygen atoms in total. The van der Waals surface area contributed by atoms with Crippen LogP contribution in [0.15, 0.2) is 67.3 Å². The first-order valence-electron chi connectivity index (χ1n) is 10.3. The number of nitrogens with zero attached hydrogens (tertiary/aromatic N) is 2. The predicted octanol–water partition coefficient (Wildman–Crippen LogP) is 5.12. The Bertz CT molecular complexity index is 1140. The van der Waals surface area contributed by atoms with Crippen molar-refractivity contribution >= 4 is 17.8 Å². The second-order valence-electron chi connectivity index (χ2n) is 8.08. The van der Waals surface area contributed by atoms with E-state index < -0.39 is 5.41 Å². The Balaban J connectivity index is 1.69. The highest BCUT2D eigenvalue weighted by Crippen LogP contribution is 2.43. The van der Waals surface area contributed by atoms with Crippen LogP contribution in [0.2, 0.25) is 0 Å². The molecule has 2 aliphatic rings. The van der Waals surface area contributed by atoms with Crippen molar-refractivity contribution < 1.29 is 13.6 Å². The molecule has 3 aromatic rings. The molecule has 0 bridgehead atoms. The molecule has 156 valence electrons. The van der Waals surface area contributed by atoms with Crippen LogP contribution in [0.5, 0.6) is 0 Å². The fraction of sp³-hybridized carbons (Fsp3) is 0.200. The van der Waals surface area contributed by atoms with Crippen LogP contribution in [0.1, 0.15) is 40.0 Å². The van der Waals surface area contributed by atoms with Gasteiger partial charge >= 0.3 is 0 Å². The molecule has 5 rings (SSSR count). The van der Waals surface area contributed by atoms with Crippen molar-refractivity contribution in [1.29, 1.82) is 0 Å². The van der Waals surface area contributed by atoms with Crippen LogP contribution < -0.4 is 5.32 Å². The summed E-state index contributed by atoms with van der Waals surface area (Å²) in [6.07, 6.45) is 7.80. The Morgan fingerprint density at radius 2 is 1.65 bits per heavy atom. The third-order valence-corrected chi connectivity index (χ3v) is 6.02. The number of carbonyl (C=O) groups is 1. The van der Waals surface area contributed by atoms with Crippen LogP contribution in [0.3, 0.4) is 0 Å². The number of nitrogens with one attached hydrogen (secondary N) is 1. The summed E-state index contributed by atoms with van der Waals surface area (Å²) in [5.74, 6) is -0.305. The van der Waals surface area contributed by atoms with Gasteiger partial charge in [-0.25, -0.2) is 8.78 Å². The molecule has 0 amide bonds. The molecule has 1 N–H and O–H groups in total. The molecule has 0 spiro atoms. The van der Waals surface area contributed by atoms with Crippen LogP contribution >= 0.6 is 0 Å². The van der Waals surface area contributed by atoms with E-state index in [1.54, 1.807) is 24.3 Å². The number of rotatable bonds is 5. The first kappa shape index (κ1) is 19.4. The zero-order valence-electron chi connectivity index (χ0n) is 16.8. The summed E-state index contributed by atoms with van der Waals surface area (Å²) in [6, 6.07) is 12.9. The molecule has 0 unspecified atom stereocenters. The quantitative estimate of drug-likeness (QED) is 0.587. The number of carbonyl (C=O) groups excluding carboxylic acids is 1. The maximum atomic E-state index is 13.7. The Morgan fingerprint density at radius 3 is 2.16 bits per heavy atom. The third-order valence-electron chi connectivity index (χ3n) is 6.02. The fourth-order valence-electron chi connectivity index (χ4n) is 4.21. The van der Waals surface area contributed by atoms with Crippen LogP contribution in [-0.4, -0.2) is 21.7 Å². The van der Waals surface area contributed by atoms with Gasteiger partial charge < -0.3 is 5.32 Å². The smallest absolute Gasteiger partial charge is 0.270 e. The first-order chi connectivity index (χ1) is 15.0. The topological polar surface area (TPSA) is 46.9 Å². The van der Waals surface area contributed by atoms with Gasteiger partial charge in [-0.1, -0.05) is 43.0 Å². The maximum Gasteiger partial charge on any atom is 0.270 e. The van der Waals surface area contributed by atoms with E-state index in [0.29, 0.717) is 18.3 Å². The van der Waals surface area contributed by atoms with E-state index in [1.807, 2.05) is 12.2 Å². The predicted molar refractivity (Wildman–Crippen MR) is 116 cm³/mol. The Labute approximate surface area is 178 Å². The molecule has 0 atom stereocenters. The molecule has 6 heteroatoms. The Kier molecular flexibility index (Phi) is 4.58. The highest BCUT2D eigenvalue weighted by Gasteiger charge is 2.39. The van der Waals surface area contributed by atoms with Crippen LogP contribution in [-0.2, 0) is 11.8 Å². The third kappa shape index (κ3) is 3.38. The molecule has 0 radical (unpaired) electrons. The standard InChI is InChI=1S/C25H21F2N3O/c1-2-23(31)30-22-15-25(16-3-7-18(26)8-4-16,17-5-9-19(27)10-6-17)14-13-21(22)24(29-30)28-20-11-12-20/h2-10,13-14,20H,1,11-12,15H2,(H,28,29). The van der Waals surface area contributed by atoms with Gasteiger partial charge in [0.15, 0.2) is 5.82 Å². The summed E-state index contributed by atoms with van der Waals surface area (Å²) in [4.78, 5) is 12.6. The zero-order chi connectivity index (χ0) is 21.6. The minimum Gasteiger partial charge on any atom is -0.365 e. The van der Waals surface area contributed by atoms with Crippen molar-refractivity contribution in [2.45, 2.75) is 30.7 Å². The summed E-state index contributed by atoms with van der Waals surface area (Å²) < 4.78 is 28.7. The second-order valence-corrected chi connectivity index (χ2v) is 8.08. The van der Waals surface area contributed by atoms with Gasteiger partial charge in [-0.2, -0.15) is 4.68 Å². The van der Waals surface area contributed by atoms with Gasteiger partial charge in [0.25, 0.3) is 5.91 Å². The second kappa shape index (κ2) is 7.30. The maximum absolute atomic E-state index is 13.7. The van der Waals surface area contributed by atoms with Gasteiger partial charge in [-0.05, 0) is 54.3 Å². The summed E-state index contributed by atoms with van der Waals surface area (Å²) in [5.41, 5.74) is 2.59. The average molecular weight is 417 g/mol. The SMILES string of the molecule is C=CC(=O)n1nc(NC2CC2)c2c1CC(c1ccc(F)cc1)(c1ccc(F)cc1)C=C2. The van der Waals surface area contributed by atoms with Crippen LogP contribution in [0.4, 0.5) is 14.6 Å². The first-order valence-corrected chi connectivity index (χ1v) is 10.3. The van der Waals surface area contributed by atoms with E-state index in [-0.39, 0.29) is 17.5 Å². The molecular weight excluding hydrogens is 396 g/mol. The zero-order valence-corrected chi connectivity index (χ0v) is 16.8. The molecule has 0 saturated heterocycles. The van der Waals surface area contributed by atoms with Gasteiger partial charge in [0.2, 0.25) is 0 Å². The number of fused-ring (bicyclic) bond motifs is 1. The molecule has 1 fully saturated rings. The lowest BCUT2D eigenvalue weighted by Crippen LogP contribution is -2.32. The molecular formula is C25H21F2N3O. The van der Waals surface area contributed by atoms with Crippen LogP contribution in [0.25, 0.3) is 6.08 Å². The lowest BCUT2D eigenvalue weighted by molar-refractivity contribution is 0.0950. The minimum atomic E-state index is -0.704. The number of allylic oxidation sites excluding steroid dienone is 2. The van der Waals surface area contributed by atoms with Crippen molar-refractivity contribution in [2.24, 2.45) is 0 Å². The Morgan fingerprint density at radius 1 is 1.06 bits per heavy atom. The van der Waals surface area contributed by atoms with E-state index in [9.17, 15) is 13.6 Å². The van der Waals surface area contributed by atoms with E-state index >= 15 is 0 Å². The number of anilines is 1. The van der Waals surface area contributed by atoms with Crippen molar-refractivity contribution in [1.82, 2.24) is 9.78 Å². The lowest BCUT2D eigenvalue weighted by atomic mass is 9.68. The highest BCUT2D eigenvalue weighted by atomic mass is 19.1. The van der Waals surface area contributed by atoms with Crippen molar-refractivity contribution in [3.8, 4) is 0 Å². The van der Waals surface area contributed by atoms with Crippen LogP contribution in [0, 0.1) is 11.6 Å². The molecule has 2 aromatic carbocycles. The monoisotopic (exact) mass is 417 g/mol. The number of hydrogen-bond acceptors (Lipinski definition) is 3. The Hall–Kier alpha value is -3.54. The summed E-state index contributed by atoms with van der Waals surface area (Å²) >= 11 is 0. The van der Waals surface area contributed by atoms with Gasteiger partial charge in [0.1, 0.15) is 11.6 Å². The molecule has 1 saturated carbocycles. The van der Waals surface area contributed by atoms with E-state index in [4.69, 9.17) is 0 Å².